The number of piperidine rings is 2. The van der Waals surface area contributed by atoms with E-state index in [1.165, 1.54) is 31.4 Å². The first-order valence-electron chi connectivity index (χ1n) is 8.74. The largest absolute Gasteiger partial charge is 0.389 e. The molecule has 3 rings (SSSR count). The first kappa shape index (κ1) is 16.0. The van der Waals surface area contributed by atoms with Crippen LogP contribution in [0.15, 0.2) is 30.3 Å². The molecule has 0 bridgehead atoms. The molecule has 0 spiro atoms. The molecule has 2 atom stereocenters. The first-order valence-corrected chi connectivity index (χ1v) is 8.74. The molecule has 22 heavy (non-hydrogen) atoms. The summed E-state index contributed by atoms with van der Waals surface area (Å²) in [5.41, 5.74) is 0.854. The highest BCUT2D eigenvalue weighted by Gasteiger charge is 2.36. The normalized spacial score (nSPS) is 27.6. The smallest absolute Gasteiger partial charge is 0.0718 e. The molecule has 3 heteroatoms. The van der Waals surface area contributed by atoms with Crippen LogP contribution in [-0.2, 0) is 6.54 Å². The van der Waals surface area contributed by atoms with Gasteiger partial charge in [0.1, 0.15) is 0 Å². The lowest BCUT2D eigenvalue weighted by Gasteiger charge is -2.48. The van der Waals surface area contributed by atoms with E-state index in [1.54, 1.807) is 0 Å². The second-order valence-corrected chi connectivity index (χ2v) is 7.76. The monoisotopic (exact) mass is 302 g/mol. The van der Waals surface area contributed by atoms with Crippen molar-refractivity contribution in [2.75, 3.05) is 26.2 Å². The zero-order chi connectivity index (χ0) is 15.6. The number of nitrogens with zero attached hydrogens (tertiary/aromatic N) is 2. The molecule has 0 radical (unpaired) electrons. The van der Waals surface area contributed by atoms with Crippen molar-refractivity contribution >= 4 is 0 Å². The van der Waals surface area contributed by atoms with Crippen LogP contribution in [0.3, 0.4) is 0 Å². The fourth-order valence-electron chi connectivity index (χ4n) is 4.29. The van der Waals surface area contributed by atoms with Gasteiger partial charge in [-0.15, -0.1) is 0 Å². The molecule has 1 aromatic carbocycles. The third-order valence-corrected chi connectivity index (χ3v) is 5.11. The van der Waals surface area contributed by atoms with Gasteiger partial charge in [-0.3, -0.25) is 4.90 Å². The van der Waals surface area contributed by atoms with Gasteiger partial charge < -0.3 is 10.0 Å². The maximum Gasteiger partial charge on any atom is 0.0718 e. The number of hydrogen-bond donors (Lipinski definition) is 1. The minimum atomic E-state index is -0.578. The summed E-state index contributed by atoms with van der Waals surface area (Å²) in [6, 6.07) is 11.6. The zero-order valence-corrected chi connectivity index (χ0v) is 14.0. The summed E-state index contributed by atoms with van der Waals surface area (Å²) in [6.45, 7) is 9.24. The topological polar surface area (TPSA) is 26.7 Å². The van der Waals surface area contributed by atoms with Crippen molar-refractivity contribution < 1.29 is 5.11 Å². The molecule has 2 fully saturated rings. The Morgan fingerprint density at radius 2 is 1.91 bits per heavy atom. The Bertz CT molecular complexity index is 468. The van der Waals surface area contributed by atoms with Crippen LogP contribution in [0.1, 0.15) is 38.7 Å². The number of aliphatic hydroxyl groups is 1. The number of likely N-dealkylation sites (tertiary alicyclic amines) is 2. The fraction of sp³-hybridized carbons (Fsp3) is 0.684. The van der Waals surface area contributed by atoms with E-state index in [1.807, 2.05) is 13.8 Å². The Hall–Kier alpha value is -0.900. The van der Waals surface area contributed by atoms with Crippen molar-refractivity contribution in [2.24, 2.45) is 5.92 Å². The molecule has 0 aliphatic carbocycles. The minimum absolute atomic E-state index is 0.578. The van der Waals surface area contributed by atoms with Crippen molar-refractivity contribution in [1.29, 1.82) is 0 Å². The van der Waals surface area contributed by atoms with Gasteiger partial charge in [0.2, 0.25) is 0 Å². The highest BCUT2D eigenvalue weighted by molar-refractivity contribution is 5.15. The average Bonchev–Trinajstić information content (AvgIpc) is 2.47. The van der Waals surface area contributed by atoms with Gasteiger partial charge in [-0.05, 0) is 57.7 Å². The second kappa shape index (κ2) is 6.69. The molecule has 122 valence electrons. The standard InChI is InChI=1S/C19H30N2O/c1-19(2,22)15-20-12-10-18-17(14-20)9-6-11-21(18)13-16-7-4-3-5-8-16/h3-5,7-8,17-18,22H,6,9-15H2,1-2H3. The van der Waals surface area contributed by atoms with Gasteiger partial charge in [-0.1, -0.05) is 30.3 Å². The Labute approximate surface area is 134 Å². The predicted octanol–water partition coefficient (Wildman–Crippen LogP) is 2.74. The number of benzene rings is 1. The third kappa shape index (κ3) is 4.09. The maximum atomic E-state index is 10.1. The van der Waals surface area contributed by atoms with Crippen LogP contribution in [-0.4, -0.2) is 52.7 Å². The molecule has 0 amide bonds. The summed E-state index contributed by atoms with van der Waals surface area (Å²) < 4.78 is 0. The highest BCUT2D eigenvalue weighted by atomic mass is 16.3. The lowest BCUT2D eigenvalue weighted by atomic mass is 9.83. The molecule has 0 saturated carbocycles. The molecule has 2 aliphatic heterocycles. The summed E-state index contributed by atoms with van der Waals surface area (Å²) >= 11 is 0. The van der Waals surface area contributed by atoms with E-state index in [2.05, 4.69) is 40.1 Å². The third-order valence-electron chi connectivity index (χ3n) is 5.11. The van der Waals surface area contributed by atoms with E-state index >= 15 is 0 Å². The van der Waals surface area contributed by atoms with Gasteiger partial charge >= 0.3 is 0 Å². The van der Waals surface area contributed by atoms with Crippen LogP contribution in [0, 0.1) is 5.92 Å². The van der Waals surface area contributed by atoms with E-state index in [9.17, 15) is 5.11 Å². The van der Waals surface area contributed by atoms with Crippen molar-refractivity contribution in [2.45, 2.75) is 51.3 Å². The number of rotatable bonds is 4. The van der Waals surface area contributed by atoms with Crippen molar-refractivity contribution in [3.63, 3.8) is 0 Å². The summed E-state index contributed by atoms with van der Waals surface area (Å²) in [6.07, 6.45) is 3.90. The maximum absolute atomic E-state index is 10.1. The molecule has 2 heterocycles. The number of hydrogen-bond acceptors (Lipinski definition) is 3. The van der Waals surface area contributed by atoms with E-state index in [4.69, 9.17) is 0 Å². The van der Waals surface area contributed by atoms with Gasteiger partial charge in [0.25, 0.3) is 0 Å². The van der Waals surface area contributed by atoms with Gasteiger partial charge in [-0.25, -0.2) is 0 Å². The highest BCUT2D eigenvalue weighted by Crippen LogP contribution is 2.32. The Kier molecular flexibility index (Phi) is 4.86. The summed E-state index contributed by atoms with van der Waals surface area (Å²) in [4.78, 5) is 5.16. The predicted molar refractivity (Wildman–Crippen MR) is 90.7 cm³/mol. The quantitative estimate of drug-likeness (QED) is 0.926. The molecule has 1 N–H and O–H groups in total. The number of fused-ring (bicyclic) bond motifs is 1. The molecule has 1 aromatic rings. The summed E-state index contributed by atoms with van der Waals surface area (Å²) in [5, 5.41) is 10.1. The Morgan fingerprint density at radius 3 is 2.64 bits per heavy atom. The summed E-state index contributed by atoms with van der Waals surface area (Å²) in [5.74, 6) is 0.772. The van der Waals surface area contributed by atoms with Crippen LogP contribution in [0.25, 0.3) is 0 Å². The fourth-order valence-corrected chi connectivity index (χ4v) is 4.29. The van der Waals surface area contributed by atoms with E-state index in [0.29, 0.717) is 0 Å². The first-order chi connectivity index (χ1) is 10.5. The van der Waals surface area contributed by atoms with Gasteiger partial charge in [0.15, 0.2) is 0 Å². The van der Waals surface area contributed by atoms with Crippen molar-refractivity contribution in [3.05, 3.63) is 35.9 Å². The Balaban J connectivity index is 1.61. The summed E-state index contributed by atoms with van der Waals surface area (Å²) in [7, 11) is 0. The molecular formula is C19H30N2O. The van der Waals surface area contributed by atoms with Crippen molar-refractivity contribution in [3.8, 4) is 0 Å². The van der Waals surface area contributed by atoms with Gasteiger partial charge in [0.05, 0.1) is 5.60 Å². The van der Waals surface area contributed by atoms with Crippen LogP contribution in [0.4, 0.5) is 0 Å². The van der Waals surface area contributed by atoms with E-state index < -0.39 is 5.60 Å². The van der Waals surface area contributed by atoms with E-state index in [-0.39, 0.29) is 0 Å². The van der Waals surface area contributed by atoms with Crippen LogP contribution < -0.4 is 0 Å². The minimum Gasteiger partial charge on any atom is -0.389 e. The Morgan fingerprint density at radius 1 is 1.14 bits per heavy atom. The molecular weight excluding hydrogens is 272 g/mol. The second-order valence-electron chi connectivity index (χ2n) is 7.76. The lowest BCUT2D eigenvalue weighted by Crippen LogP contribution is -2.55. The van der Waals surface area contributed by atoms with Gasteiger partial charge in [-0.2, -0.15) is 0 Å². The average molecular weight is 302 g/mol. The molecule has 0 aromatic heterocycles. The number of β-amino-alcohol motifs (C(OH)–C–C–N with tert-alkyl or cyclic N) is 1. The van der Waals surface area contributed by atoms with E-state index in [0.717, 1.165) is 38.1 Å². The van der Waals surface area contributed by atoms with Crippen LogP contribution in [0.5, 0.6) is 0 Å². The zero-order valence-electron chi connectivity index (χ0n) is 14.0. The molecule has 2 aliphatic rings. The molecule has 2 unspecified atom stereocenters. The SMILES string of the molecule is CC(C)(O)CN1CCC2C(CCCN2Cc2ccccc2)C1. The van der Waals surface area contributed by atoms with Gasteiger partial charge in [0, 0.05) is 25.7 Å². The molecule has 2 saturated heterocycles. The molecule has 3 nitrogen and oxygen atoms in total. The lowest BCUT2D eigenvalue weighted by molar-refractivity contribution is -0.0191. The van der Waals surface area contributed by atoms with Crippen LogP contribution in [0.2, 0.25) is 0 Å². The van der Waals surface area contributed by atoms with Crippen molar-refractivity contribution in [1.82, 2.24) is 9.80 Å². The van der Waals surface area contributed by atoms with Crippen LogP contribution >= 0.6 is 0 Å².